The number of hydrogen-bond acceptors (Lipinski definition) is 3. The monoisotopic (exact) mass is 298 g/mol. The Hall–Kier alpha value is -2.51. The molecule has 0 radical (unpaired) electrons. The maximum atomic E-state index is 12.6. The molecule has 0 bridgehead atoms. The average molecular weight is 298 g/mol. The van der Waals surface area contributed by atoms with Crippen LogP contribution in [0.4, 0.5) is 18.9 Å². The van der Waals surface area contributed by atoms with Crippen LogP contribution in [0.1, 0.15) is 21.6 Å². The SMILES string of the molecule is CNC(=O)c1ccc(Cn2cc(N)c(C(F)(F)F)n2)cc1. The van der Waals surface area contributed by atoms with Gasteiger partial charge in [0.05, 0.1) is 12.2 Å². The van der Waals surface area contributed by atoms with Crippen LogP contribution in [0.3, 0.4) is 0 Å². The van der Waals surface area contributed by atoms with Crippen LogP contribution in [-0.4, -0.2) is 22.7 Å². The topological polar surface area (TPSA) is 72.9 Å². The van der Waals surface area contributed by atoms with E-state index in [0.717, 1.165) is 10.9 Å². The highest BCUT2D eigenvalue weighted by Gasteiger charge is 2.36. The Balaban J connectivity index is 2.17. The van der Waals surface area contributed by atoms with E-state index in [0.29, 0.717) is 11.1 Å². The standard InChI is InChI=1S/C13H13F3N4O/c1-18-12(21)9-4-2-8(3-5-9)6-20-7-10(17)11(19-20)13(14,15)16/h2-5,7H,6,17H2,1H3,(H,18,21). The lowest BCUT2D eigenvalue weighted by molar-refractivity contribution is -0.140. The number of nitrogen functional groups attached to an aromatic ring is 1. The number of aromatic nitrogens is 2. The van der Waals surface area contributed by atoms with Crippen LogP contribution >= 0.6 is 0 Å². The van der Waals surface area contributed by atoms with Gasteiger partial charge in [0.25, 0.3) is 5.91 Å². The van der Waals surface area contributed by atoms with E-state index in [1.807, 2.05) is 0 Å². The van der Waals surface area contributed by atoms with Crippen LogP contribution in [-0.2, 0) is 12.7 Å². The lowest BCUT2D eigenvalue weighted by Crippen LogP contribution is -2.17. The molecule has 1 amide bonds. The van der Waals surface area contributed by atoms with Gasteiger partial charge in [0, 0.05) is 18.8 Å². The summed E-state index contributed by atoms with van der Waals surface area (Å²) in [5.41, 5.74) is 4.98. The number of anilines is 1. The Morgan fingerprint density at radius 2 is 1.95 bits per heavy atom. The van der Waals surface area contributed by atoms with E-state index in [1.165, 1.54) is 7.05 Å². The number of halogens is 3. The summed E-state index contributed by atoms with van der Waals surface area (Å²) in [6.45, 7) is 0.133. The summed E-state index contributed by atoms with van der Waals surface area (Å²) in [4.78, 5) is 11.4. The molecule has 0 spiro atoms. The number of carbonyl (C=O) groups is 1. The summed E-state index contributed by atoms with van der Waals surface area (Å²) in [5, 5.41) is 5.92. The highest BCUT2D eigenvalue weighted by atomic mass is 19.4. The van der Waals surface area contributed by atoms with Crippen molar-refractivity contribution < 1.29 is 18.0 Å². The molecule has 0 fully saturated rings. The van der Waals surface area contributed by atoms with E-state index >= 15 is 0 Å². The van der Waals surface area contributed by atoms with Crippen molar-refractivity contribution in [2.45, 2.75) is 12.7 Å². The number of amides is 1. The number of hydrogen-bond donors (Lipinski definition) is 2. The Morgan fingerprint density at radius 1 is 1.33 bits per heavy atom. The summed E-state index contributed by atoms with van der Waals surface area (Å²) >= 11 is 0. The van der Waals surface area contributed by atoms with Gasteiger partial charge in [-0.25, -0.2) is 0 Å². The van der Waals surface area contributed by atoms with Crippen LogP contribution in [0, 0.1) is 0 Å². The van der Waals surface area contributed by atoms with Crippen LogP contribution in [0.25, 0.3) is 0 Å². The largest absolute Gasteiger partial charge is 0.437 e. The number of rotatable bonds is 3. The van der Waals surface area contributed by atoms with Gasteiger partial charge in [-0.1, -0.05) is 12.1 Å². The number of nitrogens with two attached hydrogens (primary N) is 1. The molecular weight excluding hydrogens is 285 g/mol. The van der Waals surface area contributed by atoms with Crippen molar-refractivity contribution in [3.63, 3.8) is 0 Å². The summed E-state index contributed by atoms with van der Waals surface area (Å²) in [6, 6.07) is 6.47. The molecule has 112 valence electrons. The third-order valence-electron chi connectivity index (χ3n) is 2.85. The van der Waals surface area contributed by atoms with Gasteiger partial charge < -0.3 is 11.1 Å². The maximum Gasteiger partial charge on any atom is 0.437 e. The molecule has 0 aliphatic heterocycles. The predicted octanol–water partition coefficient (Wildman–Crippen LogP) is 1.89. The second-order valence-corrected chi connectivity index (χ2v) is 4.40. The molecule has 1 heterocycles. The second kappa shape index (κ2) is 5.47. The fourth-order valence-corrected chi connectivity index (χ4v) is 1.83. The molecule has 0 saturated carbocycles. The highest BCUT2D eigenvalue weighted by molar-refractivity contribution is 5.93. The quantitative estimate of drug-likeness (QED) is 0.909. The Labute approximate surface area is 118 Å². The summed E-state index contributed by atoms with van der Waals surface area (Å²) < 4.78 is 38.9. The van der Waals surface area contributed by atoms with Gasteiger partial charge in [-0.3, -0.25) is 9.48 Å². The van der Waals surface area contributed by atoms with E-state index < -0.39 is 17.6 Å². The molecule has 2 rings (SSSR count). The van der Waals surface area contributed by atoms with Crippen LogP contribution < -0.4 is 11.1 Å². The average Bonchev–Trinajstić information content (AvgIpc) is 2.79. The minimum atomic E-state index is -4.57. The second-order valence-electron chi connectivity index (χ2n) is 4.40. The summed E-state index contributed by atoms with van der Waals surface area (Å²) in [7, 11) is 1.52. The first-order chi connectivity index (χ1) is 9.81. The van der Waals surface area contributed by atoms with Crippen molar-refractivity contribution in [2.75, 3.05) is 12.8 Å². The van der Waals surface area contributed by atoms with E-state index in [2.05, 4.69) is 10.4 Å². The van der Waals surface area contributed by atoms with Gasteiger partial charge in [-0.05, 0) is 17.7 Å². The Bertz CT molecular complexity index is 646. The summed E-state index contributed by atoms with van der Waals surface area (Å²) in [5.74, 6) is -0.232. The number of carbonyl (C=O) groups excluding carboxylic acids is 1. The molecule has 1 aromatic heterocycles. The molecule has 0 unspecified atom stereocenters. The number of alkyl halides is 3. The van der Waals surface area contributed by atoms with Crippen LogP contribution in [0.15, 0.2) is 30.5 Å². The molecule has 0 saturated heterocycles. The van der Waals surface area contributed by atoms with Gasteiger partial charge in [-0.2, -0.15) is 18.3 Å². The van der Waals surface area contributed by atoms with Crippen molar-refractivity contribution >= 4 is 11.6 Å². The molecule has 1 aromatic carbocycles. The van der Waals surface area contributed by atoms with Gasteiger partial charge in [0.15, 0.2) is 5.69 Å². The normalized spacial score (nSPS) is 11.4. The van der Waals surface area contributed by atoms with Gasteiger partial charge in [0.1, 0.15) is 0 Å². The minimum absolute atomic E-state index is 0.133. The lowest BCUT2D eigenvalue weighted by Gasteiger charge is -2.04. The fraction of sp³-hybridized carbons (Fsp3) is 0.231. The first kappa shape index (κ1) is 14.9. The zero-order valence-corrected chi connectivity index (χ0v) is 11.1. The Morgan fingerprint density at radius 3 is 2.43 bits per heavy atom. The van der Waals surface area contributed by atoms with Gasteiger partial charge >= 0.3 is 6.18 Å². The Kier molecular flexibility index (Phi) is 3.88. The molecule has 0 atom stereocenters. The highest BCUT2D eigenvalue weighted by Crippen LogP contribution is 2.31. The fourth-order valence-electron chi connectivity index (χ4n) is 1.83. The summed E-state index contributed by atoms with van der Waals surface area (Å²) in [6.07, 6.45) is -3.44. The van der Waals surface area contributed by atoms with Crippen molar-refractivity contribution in [2.24, 2.45) is 0 Å². The third-order valence-corrected chi connectivity index (χ3v) is 2.85. The molecule has 3 N–H and O–H groups in total. The van der Waals surface area contributed by atoms with Crippen molar-refractivity contribution in [3.8, 4) is 0 Å². The third kappa shape index (κ3) is 3.33. The first-order valence-electron chi connectivity index (χ1n) is 6.02. The molecular formula is C13H13F3N4O. The van der Waals surface area contributed by atoms with Crippen molar-refractivity contribution in [1.29, 1.82) is 0 Å². The van der Waals surface area contributed by atoms with E-state index in [1.54, 1.807) is 24.3 Å². The predicted molar refractivity (Wildman–Crippen MR) is 70.6 cm³/mol. The lowest BCUT2D eigenvalue weighted by atomic mass is 10.1. The van der Waals surface area contributed by atoms with Crippen LogP contribution in [0.2, 0.25) is 0 Å². The molecule has 0 aliphatic rings. The molecule has 5 nitrogen and oxygen atoms in total. The zero-order chi connectivity index (χ0) is 15.6. The van der Waals surface area contributed by atoms with E-state index in [4.69, 9.17) is 5.73 Å². The van der Waals surface area contributed by atoms with Crippen molar-refractivity contribution in [3.05, 3.63) is 47.3 Å². The van der Waals surface area contributed by atoms with Crippen molar-refractivity contribution in [1.82, 2.24) is 15.1 Å². The molecule has 21 heavy (non-hydrogen) atoms. The van der Waals surface area contributed by atoms with Crippen LogP contribution in [0.5, 0.6) is 0 Å². The molecule has 0 aliphatic carbocycles. The van der Waals surface area contributed by atoms with E-state index in [9.17, 15) is 18.0 Å². The number of nitrogens with zero attached hydrogens (tertiary/aromatic N) is 2. The zero-order valence-electron chi connectivity index (χ0n) is 11.1. The molecule has 8 heteroatoms. The maximum absolute atomic E-state index is 12.6. The number of benzene rings is 1. The smallest absolute Gasteiger partial charge is 0.396 e. The first-order valence-corrected chi connectivity index (χ1v) is 6.02. The minimum Gasteiger partial charge on any atom is -0.396 e. The van der Waals surface area contributed by atoms with E-state index in [-0.39, 0.29) is 12.5 Å². The molecule has 2 aromatic rings. The number of nitrogens with one attached hydrogen (secondary N) is 1. The van der Waals surface area contributed by atoms with Gasteiger partial charge in [-0.15, -0.1) is 0 Å². The van der Waals surface area contributed by atoms with Gasteiger partial charge in [0.2, 0.25) is 0 Å².